The number of ether oxygens (including phenoxy) is 2. The van der Waals surface area contributed by atoms with Crippen LogP contribution in [0.25, 0.3) is 28.1 Å². The van der Waals surface area contributed by atoms with E-state index in [0.717, 1.165) is 85.4 Å². The number of carbonyl (C=O) groups is 1. The number of imidazole rings is 2. The molecule has 2 aliphatic heterocycles. The molecule has 41 heavy (non-hydrogen) atoms. The van der Waals surface area contributed by atoms with E-state index in [9.17, 15) is 4.79 Å². The molecule has 2 saturated heterocycles. The Kier molecular flexibility index (Phi) is 7.39. The minimum absolute atomic E-state index is 0.205. The Bertz CT molecular complexity index is 1560. The largest absolute Gasteiger partial charge is 0.468 e. The number of piperazine rings is 1. The Labute approximate surface area is 239 Å². The highest BCUT2D eigenvalue weighted by molar-refractivity contribution is 5.86. The van der Waals surface area contributed by atoms with E-state index in [1.165, 1.54) is 7.11 Å². The molecular weight excluding hydrogens is 522 g/mol. The lowest BCUT2D eigenvalue weighted by molar-refractivity contribution is -0.154. The number of aromatic nitrogens is 6. The number of hydrogen-bond acceptors (Lipinski definition) is 10. The summed E-state index contributed by atoms with van der Waals surface area (Å²) in [5.41, 5.74) is 2.89. The van der Waals surface area contributed by atoms with Gasteiger partial charge in [-0.3, -0.25) is 19.2 Å². The van der Waals surface area contributed by atoms with Crippen LogP contribution in [0.15, 0.2) is 24.3 Å². The maximum absolute atomic E-state index is 12.3. The number of fused-ring (bicyclic) bond motifs is 2. The van der Waals surface area contributed by atoms with Gasteiger partial charge in [0, 0.05) is 52.7 Å². The molecule has 0 spiro atoms. The van der Waals surface area contributed by atoms with Crippen molar-refractivity contribution >= 4 is 34.0 Å². The smallest absolute Gasteiger partial charge is 0.325 e. The van der Waals surface area contributed by atoms with Gasteiger partial charge in [0.15, 0.2) is 17.0 Å². The third-order valence-electron chi connectivity index (χ3n) is 8.45. The molecule has 6 rings (SSSR count). The molecule has 218 valence electrons. The first-order valence-electron chi connectivity index (χ1n) is 14.4. The summed E-state index contributed by atoms with van der Waals surface area (Å²) >= 11 is 0. The Balaban J connectivity index is 1.36. The van der Waals surface area contributed by atoms with E-state index >= 15 is 0 Å². The van der Waals surface area contributed by atoms with Crippen LogP contribution in [-0.2, 0) is 34.3 Å². The third-order valence-corrected chi connectivity index (χ3v) is 8.45. The number of esters is 1. The van der Waals surface area contributed by atoms with Crippen LogP contribution in [0.4, 0.5) is 5.82 Å². The number of benzene rings is 1. The van der Waals surface area contributed by atoms with E-state index in [1.54, 1.807) is 0 Å². The van der Waals surface area contributed by atoms with Gasteiger partial charge in [0.05, 0.1) is 37.9 Å². The molecule has 2 aliphatic rings. The lowest BCUT2D eigenvalue weighted by Crippen LogP contribution is -2.58. The van der Waals surface area contributed by atoms with Gasteiger partial charge < -0.3 is 18.9 Å². The van der Waals surface area contributed by atoms with Gasteiger partial charge in [0.1, 0.15) is 17.2 Å². The first-order chi connectivity index (χ1) is 19.8. The van der Waals surface area contributed by atoms with Crippen LogP contribution < -0.4 is 4.90 Å². The SMILES string of the molecule is CCc1nc2ccccc2n1-c1nc(N2CCOCC2)c2nc(CN3CCN(C(C)(C)C(=O)OC)CC3)n(C)c2n1. The molecular formula is C29H39N9O3. The second-order valence-electron chi connectivity index (χ2n) is 11.2. The van der Waals surface area contributed by atoms with Crippen molar-refractivity contribution in [1.82, 2.24) is 38.9 Å². The van der Waals surface area contributed by atoms with Crippen LogP contribution in [-0.4, -0.2) is 110 Å². The molecule has 0 unspecified atom stereocenters. The van der Waals surface area contributed by atoms with Gasteiger partial charge in [-0.15, -0.1) is 0 Å². The topological polar surface area (TPSA) is 107 Å². The summed E-state index contributed by atoms with van der Waals surface area (Å²) in [5.74, 6) is 3.10. The normalized spacial score (nSPS) is 17.5. The third kappa shape index (κ3) is 4.93. The van der Waals surface area contributed by atoms with Gasteiger partial charge in [0.2, 0.25) is 5.95 Å². The van der Waals surface area contributed by atoms with E-state index in [0.29, 0.717) is 25.7 Å². The maximum Gasteiger partial charge on any atom is 0.325 e. The molecule has 0 aliphatic carbocycles. The summed E-state index contributed by atoms with van der Waals surface area (Å²) < 4.78 is 14.9. The Hall–Kier alpha value is -3.61. The summed E-state index contributed by atoms with van der Waals surface area (Å²) in [6.45, 7) is 12.7. The van der Waals surface area contributed by atoms with Gasteiger partial charge >= 0.3 is 5.97 Å². The van der Waals surface area contributed by atoms with Crippen molar-refractivity contribution in [3.05, 3.63) is 35.9 Å². The number of aryl methyl sites for hydroxylation is 2. The van der Waals surface area contributed by atoms with Gasteiger partial charge in [-0.25, -0.2) is 9.97 Å². The number of morpholine rings is 1. The van der Waals surface area contributed by atoms with Gasteiger partial charge in [0.25, 0.3) is 0 Å². The average molecular weight is 562 g/mol. The predicted octanol–water partition coefficient (Wildman–Crippen LogP) is 2.17. The fourth-order valence-corrected chi connectivity index (χ4v) is 5.90. The van der Waals surface area contributed by atoms with E-state index in [-0.39, 0.29) is 5.97 Å². The summed E-state index contributed by atoms with van der Waals surface area (Å²) in [7, 11) is 3.48. The van der Waals surface area contributed by atoms with Gasteiger partial charge in [-0.1, -0.05) is 19.1 Å². The van der Waals surface area contributed by atoms with Gasteiger partial charge in [-0.05, 0) is 26.0 Å². The molecule has 3 aromatic heterocycles. The zero-order valence-electron chi connectivity index (χ0n) is 24.6. The van der Waals surface area contributed by atoms with Crippen molar-refractivity contribution < 1.29 is 14.3 Å². The lowest BCUT2D eigenvalue weighted by atomic mass is 10.0. The lowest BCUT2D eigenvalue weighted by Gasteiger charge is -2.42. The van der Waals surface area contributed by atoms with Crippen LogP contribution in [0.5, 0.6) is 0 Å². The van der Waals surface area contributed by atoms with Crippen LogP contribution in [0.2, 0.25) is 0 Å². The molecule has 5 heterocycles. The molecule has 12 nitrogen and oxygen atoms in total. The Morgan fingerprint density at radius 1 is 0.976 bits per heavy atom. The van der Waals surface area contributed by atoms with Crippen LogP contribution >= 0.6 is 0 Å². The number of anilines is 1. The zero-order valence-corrected chi connectivity index (χ0v) is 24.6. The zero-order chi connectivity index (χ0) is 28.7. The number of methoxy groups -OCH3 is 1. The summed E-state index contributed by atoms with van der Waals surface area (Å²) in [5, 5.41) is 0. The highest BCUT2D eigenvalue weighted by Gasteiger charge is 2.37. The fraction of sp³-hybridized carbons (Fsp3) is 0.552. The molecule has 12 heteroatoms. The van der Waals surface area contributed by atoms with Crippen molar-refractivity contribution in [2.75, 3.05) is 64.5 Å². The highest BCUT2D eigenvalue weighted by Crippen LogP contribution is 2.29. The monoisotopic (exact) mass is 561 g/mol. The molecule has 0 amide bonds. The minimum Gasteiger partial charge on any atom is -0.468 e. The van der Waals surface area contributed by atoms with Crippen LogP contribution in [0, 0.1) is 0 Å². The second-order valence-corrected chi connectivity index (χ2v) is 11.2. The molecule has 0 N–H and O–H groups in total. The minimum atomic E-state index is -0.646. The van der Waals surface area contributed by atoms with Crippen LogP contribution in [0.3, 0.4) is 0 Å². The molecule has 1 aromatic carbocycles. The van der Waals surface area contributed by atoms with Crippen molar-refractivity contribution in [3.63, 3.8) is 0 Å². The molecule has 2 fully saturated rings. The Morgan fingerprint density at radius 3 is 2.41 bits per heavy atom. The number of para-hydroxylation sites is 2. The number of hydrogen-bond donors (Lipinski definition) is 0. The van der Waals surface area contributed by atoms with Crippen LogP contribution in [0.1, 0.15) is 32.4 Å². The fourth-order valence-electron chi connectivity index (χ4n) is 5.90. The van der Waals surface area contributed by atoms with Crippen molar-refractivity contribution in [3.8, 4) is 5.95 Å². The van der Waals surface area contributed by atoms with E-state index in [1.807, 2.05) is 39.1 Å². The average Bonchev–Trinajstić information content (AvgIpc) is 3.54. The number of rotatable bonds is 7. The quantitative estimate of drug-likeness (QED) is 0.312. The highest BCUT2D eigenvalue weighted by atomic mass is 16.5. The van der Waals surface area contributed by atoms with Crippen molar-refractivity contribution in [1.29, 1.82) is 0 Å². The maximum atomic E-state index is 12.3. The first kappa shape index (κ1) is 27.6. The number of nitrogens with zero attached hydrogens (tertiary/aromatic N) is 9. The predicted molar refractivity (Wildman–Crippen MR) is 156 cm³/mol. The van der Waals surface area contributed by atoms with E-state index in [4.69, 9.17) is 29.4 Å². The molecule has 0 saturated carbocycles. The Morgan fingerprint density at radius 2 is 1.71 bits per heavy atom. The molecule has 4 aromatic rings. The van der Waals surface area contributed by atoms with Crippen molar-refractivity contribution in [2.45, 2.75) is 39.3 Å². The summed E-state index contributed by atoms with van der Waals surface area (Å²) in [6.07, 6.45) is 0.762. The summed E-state index contributed by atoms with van der Waals surface area (Å²) in [4.78, 5) is 39.4. The second kappa shape index (κ2) is 11.0. The van der Waals surface area contributed by atoms with E-state index < -0.39 is 5.54 Å². The van der Waals surface area contributed by atoms with Crippen molar-refractivity contribution in [2.24, 2.45) is 7.05 Å². The number of carbonyl (C=O) groups excluding carboxylic acids is 1. The van der Waals surface area contributed by atoms with Gasteiger partial charge in [-0.2, -0.15) is 9.97 Å². The standard InChI is InChI=1S/C29H39N9O3/c1-6-22-30-20-9-7-8-10-21(20)38(22)28-32-25-24(26(33-28)36-15-17-41-18-16-36)31-23(34(25)4)19-35-11-13-37(14-12-35)29(2,3)27(39)40-5/h7-10H,6,11-19H2,1-5H3. The summed E-state index contributed by atoms with van der Waals surface area (Å²) in [6, 6.07) is 8.13. The van der Waals surface area contributed by atoms with E-state index in [2.05, 4.69) is 36.8 Å². The molecule has 0 atom stereocenters. The molecule has 0 bridgehead atoms. The molecule has 0 radical (unpaired) electrons. The first-order valence-corrected chi connectivity index (χ1v) is 14.4.